The molecule has 44 heavy (non-hydrogen) atoms. The molecule has 0 aliphatic rings. The standard InChI is InChI=1S/C34H27F3N4O3/c1-21(42)22-7-12-26(13-8-22)44-27-14-9-24(10-15-27)30-18-17-29(23-5-3-2-4-6-23)41(30)20-31(43)40-34(38)39-19-25-11-16-28(35)33(37)32(25)36/h2-18H,19-20H2,1H3,(H3,38,39,40,43). The van der Waals surface area contributed by atoms with Crippen molar-refractivity contribution in [1.82, 2.24) is 9.88 Å². The number of hydrogen-bond acceptors (Lipinski definition) is 4. The van der Waals surface area contributed by atoms with E-state index in [0.717, 1.165) is 34.6 Å². The van der Waals surface area contributed by atoms with E-state index in [-0.39, 0.29) is 23.9 Å². The van der Waals surface area contributed by atoms with Gasteiger partial charge in [0.25, 0.3) is 0 Å². The number of rotatable bonds is 9. The maximum atomic E-state index is 14.0. The molecule has 4 aromatic carbocycles. The number of carbonyl (C=O) groups excluding carboxylic acids is 2. The molecular formula is C34H27F3N4O3. The topological polar surface area (TPSA) is 98.7 Å². The van der Waals surface area contributed by atoms with Gasteiger partial charge in [0.1, 0.15) is 18.0 Å². The fraction of sp³-hybridized carbons (Fsp3) is 0.0882. The van der Waals surface area contributed by atoms with Crippen LogP contribution in [0.3, 0.4) is 0 Å². The molecule has 0 aliphatic carbocycles. The van der Waals surface area contributed by atoms with Crippen LogP contribution >= 0.6 is 0 Å². The molecule has 0 saturated carbocycles. The van der Waals surface area contributed by atoms with Crippen molar-refractivity contribution in [2.45, 2.75) is 20.0 Å². The molecule has 0 bridgehead atoms. The number of ketones is 1. The summed E-state index contributed by atoms with van der Waals surface area (Å²) >= 11 is 0. The number of Topliss-reactive ketones (excluding diaryl/α,β-unsaturated/α-hetero) is 1. The second kappa shape index (κ2) is 13.1. The number of nitrogens with two attached hydrogens (primary N) is 1. The lowest BCUT2D eigenvalue weighted by atomic mass is 10.1. The summed E-state index contributed by atoms with van der Waals surface area (Å²) in [6.07, 6.45) is 0. The summed E-state index contributed by atoms with van der Waals surface area (Å²) in [5, 5.41) is 2.48. The Labute approximate surface area is 251 Å². The second-order valence-corrected chi connectivity index (χ2v) is 9.85. The van der Waals surface area contributed by atoms with Crippen LogP contribution in [0.4, 0.5) is 13.2 Å². The van der Waals surface area contributed by atoms with Crippen LogP contribution in [0.1, 0.15) is 22.8 Å². The quantitative estimate of drug-likeness (QED) is 0.0840. The number of nitrogens with zero attached hydrogens (tertiary/aromatic N) is 2. The third-order valence-electron chi connectivity index (χ3n) is 6.80. The molecule has 5 aromatic rings. The lowest BCUT2D eigenvalue weighted by molar-refractivity contribution is -0.120. The number of benzene rings is 4. The van der Waals surface area contributed by atoms with Gasteiger partial charge < -0.3 is 15.0 Å². The van der Waals surface area contributed by atoms with Gasteiger partial charge in [-0.05, 0) is 84.8 Å². The normalized spacial score (nSPS) is 11.3. The Hall–Kier alpha value is -5.64. The number of carbonyl (C=O) groups is 2. The number of aromatic nitrogens is 1. The average Bonchev–Trinajstić information content (AvgIpc) is 3.43. The largest absolute Gasteiger partial charge is 0.457 e. The summed E-state index contributed by atoms with van der Waals surface area (Å²) in [5.74, 6) is -3.93. The van der Waals surface area contributed by atoms with Crippen molar-refractivity contribution in [2.75, 3.05) is 0 Å². The van der Waals surface area contributed by atoms with E-state index in [1.54, 1.807) is 36.4 Å². The van der Waals surface area contributed by atoms with Crippen LogP contribution in [0.25, 0.3) is 22.5 Å². The zero-order chi connectivity index (χ0) is 31.2. The number of nitrogens with one attached hydrogen (secondary N) is 1. The zero-order valence-electron chi connectivity index (χ0n) is 23.6. The Kier molecular flexibility index (Phi) is 8.90. The summed E-state index contributed by atoms with van der Waals surface area (Å²) in [5.41, 5.74) is 9.47. The molecule has 7 nitrogen and oxygen atoms in total. The Morgan fingerprint density at radius 3 is 1.98 bits per heavy atom. The van der Waals surface area contributed by atoms with Crippen molar-refractivity contribution in [2.24, 2.45) is 10.7 Å². The van der Waals surface area contributed by atoms with Crippen LogP contribution in [0.5, 0.6) is 11.5 Å². The fourth-order valence-electron chi connectivity index (χ4n) is 4.56. The van der Waals surface area contributed by atoms with Crippen LogP contribution < -0.4 is 15.8 Å². The molecular weight excluding hydrogens is 569 g/mol. The number of amides is 1. The predicted octanol–water partition coefficient (Wildman–Crippen LogP) is 6.87. The van der Waals surface area contributed by atoms with Crippen LogP contribution in [0.2, 0.25) is 0 Å². The predicted molar refractivity (Wildman–Crippen MR) is 162 cm³/mol. The highest BCUT2D eigenvalue weighted by Gasteiger charge is 2.17. The number of aliphatic imine (C=N–C) groups is 1. The van der Waals surface area contributed by atoms with Crippen molar-refractivity contribution in [3.63, 3.8) is 0 Å². The third-order valence-corrected chi connectivity index (χ3v) is 6.80. The van der Waals surface area contributed by atoms with Gasteiger partial charge in [-0.3, -0.25) is 14.9 Å². The maximum Gasteiger partial charge on any atom is 0.246 e. The minimum atomic E-state index is -1.60. The Bertz CT molecular complexity index is 1830. The van der Waals surface area contributed by atoms with Crippen LogP contribution in [0, 0.1) is 17.5 Å². The van der Waals surface area contributed by atoms with Gasteiger partial charge >= 0.3 is 0 Å². The molecule has 0 saturated heterocycles. The fourth-order valence-corrected chi connectivity index (χ4v) is 4.56. The summed E-state index contributed by atoms with van der Waals surface area (Å²) < 4.78 is 48.5. The van der Waals surface area contributed by atoms with Gasteiger partial charge in [0, 0.05) is 22.5 Å². The molecule has 222 valence electrons. The number of ether oxygens (including phenoxy) is 1. The number of hydrogen-bond donors (Lipinski definition) is 2. The molecule has 0 fully saturated rings. The number of guanidine groups is 1. The highest BCUT2D eigenvalue weighted by Crippen LogP contribution is 2.31. The molecule has 3 N–H and O–H groups in total. The van der Waals surface area contributed by atoms with Crippen molar-refractivity contribution in [3.05, 3.63) is 132 Å². The highest BCUT2D eigenvalue weighted by atomic mass is 19.2. The first kappa shape index (κ1) is 29.8. The zero-order valence-corrected chi connectivity index (χ0v) is 23.6. The van der Waals surface area contributed by atoms with E-state index >= 15 is 0 Å². The monoisotopic (exact) mass is 596 g/mol. The Balaban J connectivity index is 1.35. The van der Waals surface area contributed by atoms with Crippen molar-refractivity contribution < 1.29 is 27.5 Å². The van der Waals surface area contributed by atoms with Crippen LogP contribution in [0.15, 0.2) is 108 Å². The molecule has 0 aliphatic heterocycles. The van der Waals surface area contributed by atoms with E-state index in [1.165, 1.54) is 6.92 Å². The van der Waals surface area contributed by atoms with E-state index < -0.39 is 29.9 Å². The lowest BCUT2D eigenvalue weighted by Gasteiger charge is -2.15. The van der Waals surface area contributed by atoms with E-state index in [4.69, 9.17) is 10.5 Å². The van der Waals surface area contributed by atoms with Gasteiger partial charge in [-0.2, -0.15) is 0 Å². The third kappa shape index (κ3) is 6.87. The van der Waals surface area contributed by atoms with E-state index in [2.05, 4.69) is 10.3 Å². The van der Waals surface area contributed by atoms with E-state index in [0.29, 0.717) is 17.1 Å². The Morgan fingerprint density at radius 2 is 1.36 bits per heavy atom. The second-order valence-electron chi connectivity index (χ2n) is 9.85. The molecule has 1 aromatic heterocycles. The molecule has 0 atom stereocenters. The van der Waals surface area contributed by atoms with Gasteiger partial charge in [0.05, 0.1) is 6.54 Å². The highest BCUT2D eigenvalue weighted by molar-refractivity contribution is 5.96. The van der Waals surface area contributed by atoms with E-state index in [9.17, 15) is 22.8 Å². The molecule has 0 spiro atoms. The van der Waals surface area contributed by atoms with Crippen molar-refractivity contribution >= 4 is 17.6 Å². The first-order chi connectivity index (χ1) is 21.2. The van der Waals surface area contributed by atoms with Gasteiger partial charge in [-0.25, -0.2) is 18.2 Å². The summed E-state index contributed by atoms with van der Waals surface area (Å²) in [7, 11) is 0. The maximum absolute atomic E-state index is 14.0. The van der Waals surface area contributed by atoms with Crippen LogP contribution in [-0.2, 0) is 17.9 Å². The smallest absolute Gasteiger partial charge is 0.246 e. The SMILES string of the molecule is CC(=O)c1ccc(Oc2ccc(-c3ccc(-c4ccccc4)n3CC(=O)NC(N)=NCc3ccc(F)c(F)c3F)cc2)cc1. The molecule has 0 unspecified atom stereocenters. The van der Waals surface area contributed by atoms with Gasteiger partial charge in [0.15, 0.2) is 29.2 Å². The van der Waals surface area contributed by atoms with Crippen molar-refractivity contribution in [3.8, 4) is 34.0 Å². The van der Waals surface area contributed by atoms with Crippen LogP contribution in [-0.4, -0.2) is 22.2 Å². The summed E-state index contributed by atoms with van der Waals surface area (Å²) in [6.45, 7) is 0.971. The van der Waals surface area contributed by atoms with E-state index in [1.807, 2.05) is 59.2 Å². The first-order valence-corrected chi connectivity index (χ1v) is 13.6. The molecule has 1 heterocycles. The molecule has 5 rings (SSSR count). The molecule has 1 amide bonds. The molecule has 0 radical (unpaired) electrons. The minimum absolute atomic E-state index is 0.0282. The Morgan fingerprint density at radius 1 is 0.773 bits per heavy atom. The van der Waals surface area contributed by atoms with Gasteiger partial charge in [-0.1, -0.05) is 36.4 Å². The average molecular weight is 597 g/mol. The van der Waals surface area contributed by atoms with Gasteiger partial charge in [0.2, 0.25) is 5.91 Å². The summed E-state index contributed by atoms with van der Waals surface area (Å²) in [4.78, 5) is 28.5. The first-order valence-electron chi connectivity index (χ1n) is 13.6. The molecule has 10 heteroatoms. The lowest BCUT2D eigenvalue weighted by Crippen LogP contribution is -2.39. The summed E-state index contributed by atoms with van der Waals surface area (Å²) in [6, 6.07) is 29.4. The van der Waals surface area contributed by atoms with Gasteiger partial charge in [-0.15, -0.1) is 0 Å². The van der Waals surface area contributed by atoms with Crippen molar-refractivity contribution in [1.29, 1.82) is 0 Å². The minimum Gasteiger partial charge on any atom is -0.457 e. The number of halogens is 3.